The Balaban J connectivity index is 1.41. The maximum Gasteiger partial charge on any atom is 0.0998 e. The summed E-state index contributed by atoms with van der Waals surface area (Å²) < 4.78 is 4.77. The lowest BCUT2D eigenvalue weighted by Gasteiger charge is -2.18. The van der Waals surface area contributed by atoms with Gasteiger partial charge in [0.25, 0.3) is 0 Å². The fourth-order valence-corrected chi connectivity index (χ4v) is 7.20. The second-order valence-electron chi connectivity index (χ2n) is 11.7. The van der Waals surface area contributed by atoms with E-state index in [1.54, 1.807) is 0 Å². The zero-order chi connectivity index (χ0) is 30.6. The fraction of sp³-hybridized carbons (Fsp3) is 0. The summed E-state index contributed by atoms with van der Waals surface area (Å²) >= 11 is 0. The van der Waals surface area contributed by atoms with Gasteiger partial charge in [0.05, 0.1) is 33.7 Å². The topological polar surface area (TPSA) is 33.6 Å². The largest absolute Gasteiger partial charge is 0.309 e. The van der Waals surface area contributed by atoms with Gasteiger partial charge in [0.1, 0.15) is 0 Å². The zero-order valence-corrected chi connectivity index (χ0v) is 24.9. The van der Waals surface area contributed by atoms with E-state index in [9.17, 15) is 5.26 Å². The number of benzene rings is 7. The van der Waals surface area contributed by atoms with Crippen molar-refractivity contribution in [2.45, 2.75) is 0 Å². The predicted octanol–water partition coefficient (Wildman–Crippen LogP) is 11.1. The third-order valence-corrected chi connectivity index (χ3v) is 9.15. The van der Waals surface area contributed by atoms with Crippen molar-refractivity contribution in [2.24, 2.45) is 0 Å². The fourth-order valence-electron chi connectivity index (χ4n) is 7.20. The molecule has 46 heavy (non-hydrogen) atoms. The number of hydrogen-bond acceptors (Lipinski definition) is 1. The molecule has 0 atom stereocenters. The molecule has 2 heterocycles. The van der Waals surface area contributed by atoms with Crippen molar-refractivity contribution in [1.29, 1.82) is 5.26 Å². The number of nitrogens with zero attached hydrogens (tertiary/aromatic N) is 3. The zero-order valence-electron chi connectivity index (χ0n) is 24.9. The minimum absolute atomic E-state index is 0.663. The van der Waals surface area contributed by atoms with Crippen LogP contribution >= 0.6 is 0 Å². The van der Waals surface area contributed by atoms with Gasteiger partial charge in [-0.3, -0.25) is 0 Å². The molecule has 0 saturated carbocycles. The van der Waals surface area contributed by atoms with Crippen LogP contribution in [0.25, 0.3) is 77.2 Å². The van der Waals surface area contributed by atoms with E-state index in [0.29, 0.717) is 5.56 Å². The summed E-state index contributed by atoms with van der Waals surface area (Å²) in [4.78, 5) is 0. The number of aromatic nitrogens is 2. The Morgan fingerprint density at radius 1 is 0.370 bits per heavy atom. The molecule has 0 aliphatic heterocycles. The second-order valence-corrected chi connectivity index (χ2v) is 11.7. The Morgan fingerprint density at radius 2 is 0.739 bits per heavy atom. The van der Waals surface area contributed by atoms with Crippen molar-refractivity contribution in [1.82, 2.24) is 9.13 Å². The first kappa shape index (κ1) is 26.1. The maximum absolute atomic E-state index is 10.0. The molecule has 0 bridgehead atoms. The average Bonchev–Trinajstić information content (AvgIpc) is 3.65. The lowest BCUT2D eigenvalue weighted by atomic mass is 9.91. The molecule has 0 aliphatic carbocycles. The van der Waals surface area contributed by atoms with E-state index in [1.807, 2.05) is 24.3 Å². The Hall–Kier alpha value is -6.37. The maximum atomic E-state index is 10.0. The number of para-hydroxylation sites is 4. The first-order valence-corrected chi connectivity index (χ1v) is 15.5. The van der Waals surface area contributed by atoms with Crippen LogP contribution in [0.1, 0.15) is 5.56 Å². The van der Waals surface area contributed by atoms with E-state index >= 15 is 0 Å². The highest BCUT2D eigenvalue weighted by molar-refractivity contribution is 6.10. The van der Waals surface area contributed by atoms with E-state index in [2.05, 4.69) is 155 Å². The van der Waals surface area contributed by atoms with Crippen LogP contribution in [-0.2, 0) is 0 Å². The van der Waals surface area contributed by atoms with Crippen molar-refractivity contribution in [3.05, 3.63) is 169 Å². The van der Waals surface area contributed by atoms with E-state index in [0.717, 1.165) is 55.7 Å². The monoisotopic (exact) mass is 585 g/mol. The van der Waals surface area contributed by atoms with Crippen LogP contribution in [0, 0.1) is 11.3 Å². The highest BCUT2D eigenvalue weighted by atomic mass is 15.0. The van der Waals surface area contributed by atoms with Crippen LogP contribution in [0.2, 0.25) is 0 Å². The van der Waals surface area contributed by atoms with Gasteiger partial charge in [-0.05, 0) is 65.2 Å². The summed E-state index contributed by atoms with van der Waals surface area (Å²) in [6.45, 7) is 0. The van der Waals surface area contributed by atoms with Crippen LogP contribution in [0.3, 0.4) is 0 Å². The molecule has 7 aromatic carbocycles. The molecule has 9 aromatic rings. The summed E-state index contributed by atoms with van der Waals surface area (Å²) in [6.07, 6.45) is 0. The van der Waals surface area contributed by atoms with Crippen LogP contribution in [0.4, 0.5) is 0 Å². The predicted molar refractivity (Wildman–Crippen MR) is 191 cm³/mol. The molecule has 0 radical (unpaired) electrons. The van der Waals surface area contributed by atoms with Gasteiger partial charge in [0, 0.05) is 38.5 Å². The lowest BCUT2D eigenvalue weighted by Crippen LogP contribution is -2.00. The van der Waals surface area contributed by atoms with Crippen LogP contribution in [-0.4, -0.2) is 9.13 Å². The molecule has 2 aromatic heterocycles. The Morgan fingerprint density at radius 3 is 1.20 bits per heavy atom. The third-order valence-electron chi connectivity index (χ3n) is 9.15. The van der Waals surface area contributed by atoms with Gasteiger partial charge in [0.2, 0.25) is 0 Å². The third kappa shape index (κ3) is 3.91. The molecule has 0 saturated heterocycles. The van der Waals surface area contributed by atoms with Gasteiger partial charge in [-0.1, -0.05) is 115 Å². The molecular weight excluding hydrogens is 558 g/mol. The molecule has 0 N–H and O–H groups in total. The highest BCUT2D eigenvalue weighted by Gasteiger charge is 2.18. The molecule has 0 amide bonds. The second kappa shape index (κ2) is 10.4. The molecule has 9 rings (SSSR count). The minimum atomic E-state index is 0.663. The molecule has 0 unspecified atom stereocenters. The molecule has 3 heteroatoms. The quantitative estimate of drug-likeness (QED) is 0.202. The first-order chi connectivity index (χ1) is 22.8. The van der Waals surface area contributed by atoms with Crippen LogP contribution in [0.5, 0.6) is 0 Å². The van der Waals surface area contributed by atoms with Gasteiger partial charge >= 0.3 is 0 Å². The molecule has 0 fully saturated rings. The summed E-state index contributed by atoms with van der Waals surface area (Å²) in [5.74, 6) is 0. The summed E-state index contributed by atoms with van der Waals surface area (Å²) in [6, 6.07) is 60.2. The SMILES string of the molecule is N#Cc1ccccc1-c1ccccc1-c1cc(-n2c3ccccc3c3ccccc32)cc(-n2c3ccccc3c3ccccc32)c1. The molecule has 0 aliphatic rings. The highest BCUT2D eigenvalue weighted by Crippen LogP contribution is 2.40. The van der Waals surface area contributed by atoms with Gasteiger partial charge < -0.3 is 9.13 Å². The normalized spacial score (nSPS) is 11.5. The summed E-state index contributed by atoms with van der Waals surface area (Å²) in [7, 11) is 0. The van der Waals surface area contributed by atoms with Crippen LogP contribution < -0.4 is 0 Å². The average molecular weight is 586 g/mol. The van der Waals surface area contributed by atoms with Gasteiger partial charge in [-0.25, -0.2) is 0 Å². The van der Waals surface area contributed by atoms with E-state index in [-0.39, 0.29) is 0 Å². The van der Waals surface area contributed by atoms with Crippen molar-refractivity contribution < 1.29 is 0 Å². The molecular formula is C43H27N3. The lowest BCUT2D eigenvalue weighted by molar-refractivity contribution is 1.13. The van der Waals surface area contributed by atoms with Gasteiger partial charge in [0.15, 0.2) is 0 Å². The number of nitriles is 1. The number of fused-ring (bicyclic) bond motifs is 6. The van der Waals surface area contributed by atoms with Crippen molar-refractivity contribution >= 4 is 43.6 Å². The van der Waals surface area contributed by atoms with Crippen molar-refractivity contribution in [2.75, 3.05) is 0 Å². The van der Waals surface area contributed by atoms with E-state index in [1.165, 1.54) is 21.5 Å². The number of hydrogen-bond donors (Lipinski definition) is 0. The Kier molecular flexibility index (Phi) is 5.88. The molecule has 3 nitrogen and oxygen atoms in total. The summed E-state index contributed by atoms with van der Waals surface area (Å²) in [5.41, 5.74) is 11.6. The van der Waals surface area contributed by atoms with Crippen LogP contribution in [0.15, 0.2) is 164 Å². The van der Waals surface area contributed by atoms with Gasteiger partial charge in [-0.15, -0.1) is 0 Å². The van der Waals surface area contributed by atoms with E-state index < -0.39 is 0 Å². The van der Waals surface area contributed by atoms with Crippen molar-refractivity contribution in [3.63, 3.8) is 0 Å². The number of rotatable bonds is 4. The smallest absolute Gasteiger partial charge is 0.0998 e. The Bertz CT molecular complexity index is 2420. The molecule has 214 valence electrons. The van der Waals surface area contributed by atoms with Crippen molar-refractivity contribution in [3.8, 4) is 39.7 Å². The minimum Gasteiger partial charge on any atom is -0.309 e. The molecule has 0 spiro atoms. The Labute approximate surface area is 266 Å². The van der Waals surface area contributed by atoms with E-state index in [4.69, 9.17) is 0 Å². The first-order valence-electron chi connectivity index (χ1n) is 15.5. The summed E-state index contributed by atoms with van der Waals surface area (Å²) in [5, 5.41) is 14.9. The van der Waals surface area contributed by atoms with Gasteiger partial charge in [-0.2, -0.15) is 5.26 Å². The standard InChI is InChI=1S/C43H27N3/c44-28-29-13-1-2-14-33(29)35-16-4-3-15-34(35)30-25-31(45-40-21-9-5-17-36(40)37-18-6-10-22-41(37)45)27-32(26-30)46-42-23-11-7-19-38(42)39-20-8-12-24-43(39)46/h1-27H.